The number of benzene rings is 1. The zero-order valence-electron chi connectivity index (χ0n) is 10.2. The Kier molecular flexibility index (Phi) is 1.98. The van der Waals surface area contributed by atoms with Crippen LogP contribution < -0.4 is 4.74 Å². The standard InChI is InChI=1S/C14H16O3/c1-9-4-5-11-10(8-9)14(3)13(2,15)7-6-12(16-11)17-14/h4-8,12,15H,1-3H3. The van der Waals surface area contributed by atoms with E-state index in [1.807, 2.05) is 32.0 Å². The fourth-order valence-electron chi connectivity index (χ4n) is 2.46. The maximum absolute atomic E-state index is 10.5. The monoisotopic (exact) mass is 232 g/mol. The van der Waals surface area contributed by atoms with Gasteiger partial charge in [0.2, 0.25) is 6.29 Å². The molecule has 2 bridgehead atoms. The highest BCUT2D eigenvalue weighted by atomic mass is 16.7. The van der Waals surface area contributed by atoms with Crippen LogP contribution in [-0.2, 0) is 10.3 Å². The largest absolute Gasteiger partial charge is 0.461 e. The van der Waals surface area contributed by atoms with E-state index in [0.717, 1.165) is 16.9 Å². The van der Waals surface area contributed by atoms with Crippen molar-refractivity contribution >= 4 is 0 Å². The highest BCUT2D eigenvalue weighted by molar-refractivity contribution is 5.46. The van der Waals surface area contributed by atoms with Gasteiger partial charge in [0.05, 0.1) is 0 Å². The third-order valence-corrected chi connectivity index (χ3v) is 3.79. The zero-order valence-corrected chi connectivity index (χ0v) is 10.2. The molecule has 17 heavy (non-hydrogen) atoms. The summed E-state index contributed by atoms with van der Waals surface area (Å²) in [5.41, 5.74) is 0.242. The van der Waals surface area contributed by atoms with Crippen LogP contribution in [0, 0.1) is 6.92 Å². The molecule has 0 saturated carbocycles. The van der Waals surface area contributed by atoms with Crippen molar-refractivity contribution < 1.29 is 14.6 Å². The summed E-state index contributed by atoms with van der Waals surface area (Å²) < 4.78 is 11.5. The Morgan fingerprint density at radius 1 is 1.29 bits per heavy atom. The Hall–Kier alpha value is -1.32. The summed E-state index contributed by atoms with van der Waals surface area (Å²) in [5, 5.41) is 10.5. The summed E-state index contributed by atoms with van der Waals surface area (Å²) >= 11 is 0. The van der Waals surface area contributed by atoms with Gasteiger partial charge in [-0.25, -0.2) is 0 Å². The second kappa shape index (κ2) is 3.12. The first-order valence-corrected chi connectivity index (χ1v) is 5.80. The maximum Gasteiger partial charge on any atom is 0.220 e. The number of aliphatic hydroxyl groups is 1. The molecule has 1 N–H and O–H groups in total. The molecule has 0 aliphatic carbocycles. The molecular formula is C14H16O3. The van der Waals surface area contributed by atoms with Gasteiger partial charge in [-0.05, 0) is 45.1 Å². The van der Waals surface area contributed by atoms with Crippen LogP contribution in [0.4, 0.5) is 0 Å². The lowest BCUT2D eigenvalue weighted by atomic mass is 9.76. The molecule has 3 nitrogen and oxygen atoms in total. The number of hydrogen-bond acceptors (Lipinski definition) is 3. The first-order chi connectivity index (χ1) is 7.92. The van der Waals surface area contributed by atoms with Crippen LogP contribution in [0.25, 0.3) is 0 Å². The molecule has 1 aromatic rings. The van der Waals surface area contributed by atoms with E-state index in [0.29, 0.717) is 0 Å². The Bertz CT molecular complexity index is 504. The van der Waals surface area contributed by atoms with Crippen molar-refractivity contribution in [2.75, 3.05) is 0 Å². The number of ether oxygens (including phenoxy) is 2. The van der Waals surface area contributed by atoms with E-state index in [2.05, 4.69) is 0 Å². The Labute approximate surface area is 101 Å². The highest BCUT2D eigenvalue weighted by Crippen LogP contribution is 2.48. The molecule has 0 aromatic heterocycles. The molecule has 0 radical (unpaired) electrons. The van der Waals surface area contributed by atoms with Crippen LogP contribution in [0.5, 0.6) is 5.75 Å². The minimum atomic E-state index is -1.03. The molecule has 3 unspecified atom stereocenters. The van der Waals surface area contributed by atoms with Crippen molar-refractivity contribution in [3.05, 3.63) is 41.5 Å². The average Bonchev–Trinajstić information content (AvgIpc) is 2.26. The number of aryl methyl sites for hydroxylation is 1. The van der Waals surface area contributed by atoms with Gasteiger partial charge in [-0.15, -0.1) is 0 Å². The van der Waals surface area contributed by atoms with Crippen molar-refractivity contribution in [2.45, 2.75) is 38.3 Å². The molecule has 2 heterocycles. The summed E-state index contributed by atoms with van der Waals surface area (Å²) in [6.07, 6.45) is 3.10. The van der Waals surface area contributed by atoms with E-state index in [-0.39, 0.29) is 0 Å². The lowest BCUT2D eigenvalue weighted by Crippen LogP contribution is -2.55. The first-order valence-electron chi connectivity index (χ1n) is 5.80. The van der Waals surface area contributed by atoms with Gasteiger partial charge in [0, 0.05) is 5.56 Å². The molecule has 0 spiro atoms. The van der Waals surface area contributed by atoms with Crippen LogP contribution in [0.3, 0.4) is 0 Å². The molecule has 1 aromatic carbocycles. The maximum atomic E-state index is 10.5. The van der Waals surface area contributed by atoms with Gasteiger partial charge in [0.25, 0.3) is 0 Å². The minimum Gasteiger partial charge on any atom is -0.461 e. The quantitative estimate of drug-likeness (QED) is 0.697. The zero-order chi connectivity index (χ0) is 12.3. The van der Waals surface area contributed by atoms with E-state index in [9.17, 15) is 5.11 Å². The van der Waals surface area contributed by atoms with Crippen LogP contribution in [0.1, 0.15) is 25.0 Å². The molecule has 90 valence electrons. The minimum absolute atomic E-state index is 0.407. The molecule has 2 aliphatic rings. The average molecular weight is 232 g/mol. The van der Waals surface area contributed by atoms with E-state index in [1.54, 1.807) is 19.1 Å². The smallest absolute Gasteiger partial charge is 0.220 e. The summed E-state index contributed by atoms with van der Waals surface area (Å²) in [6, 6.07) is 5.95. The van der Waals surface area contributed by atoms with Gasteiger partial charge in [-0.3, -0.25) is 0 Å². The van der Waals surface area contributed by atoms with Crippen LogP contribution >= 0.6 is 0 Å². The van der Waals surface area contributed by atoms with E-state index >= 15 is 0 Å². The Balaban J connectivity index is 2.25. The second-order valence-corrected chi connectivity index (χ2v) is 5.14. The lowest BCUT2D eigenvalue weighted by molar-refractivity contribution is -0.237. The van der Waals surface area contributed by atoms with Gasteiger partial charge in [0.15, 0.2) is 0 Å². The summed E-state index contributed by atoms with van der Waals surface area (Å²) in [6.45, 7) is 5.69. The molecule has 0 saturated heterocycles. The SMILES string of the molecule is Cc1ccc2c(c1)C1(C)OC(C=CC1(C)O)O2. The van der Waals surface area contributed by atoms with Gasteiger partial charge >= 0.3 is 0 Å². The van der Waals surface area contributed by atoms with Gasteiger partial charge in [-0.1, -0.05) is 11.6 Å². The van der Waals surface area contributed by atoms with Crippen LogP contribution in [-0.4, -0.2) is 17.0 Å². The molecule has 0 amide bonds. The molecule has 2 aliphatic heterocycles. The van der Waals surface area contributed by atoms with E-state index < -0.39 is 17.5 Å². The van der Waals surface area contributed by atoms with E-state index in [1.165, 1.54) is 0 Å². The third kappa shape index (κ3) is 1.36. The number of rotatable bonds is 0. The van der Waals surface area contributed by atoms with Crippen molar-refractivity contribution in [3.63, 3.8) is 0 Å². The first kappa shape index (κ1) is 10.8. The predicted molar refractivity (Wildman–Crippen MR) is 63.8 cm³/mol. The van der Waals surface area contributed by atoms with E-state index in [4.69, 9.17) is 9.47 Å². The van der Waals surface area contributed by atoms with Gasteiger partial charge < -0.3 is 14.6 Å². The fourth-order valence-corrected chi connectivity index (χ4v) is 2.46. The molecule has 0 fully saturated rings. The third-order valence-electron chi connectivity index (χ3n) is 3.79. The molecule has 3 heteroatoms. The Morgan fingerprint density at radius 3 is 2.82 bits per heavy atom. The molecular weight excluding hydrogens is 216 g/mol. The normalized spacial score (nSPS) is 38.5. The Morgan fingerprint density at radius 2 is 2.06 bits per heavy atom. The van der Waals surface area contributed by atoms with Gasteiger partial charge in [-0.2, -0.15) is 0 Å². The van der Waals surface area contributed by atoms with Crippen LogP contribution in [0.2, 0.25) is 0 Å². The topological polar surface area (TPSA) is 38.7 Å². The van der Waals surface area contributed by atoms with Crippen molar-refractivity contribution in [3.8, 4) is 5.75 Å². The van der Waals surface area contributed by atoms with Crippen molar-refractivity contribution in [2.24, 2.45) is 0 Å². The van der Waals surface area contributed by atoms with Gasteiger partial charge in [0.1, 0.15) is 17.0 Å². The summed E-state index contributed by atoms with van der Waals surface area (Å²) in [4.78, 5) is 0. The highest BCUT2D eigenvalue weighted by Gasteiger charge is 2.52. The number of fused-ring (bicyclic) bond motifs is 4. The van der Waals surface area contributed by atoms with Crippen molar-refractivity contribution in [1.82, 2.24) is 0 Å². The summed E-state index contributed by atoms with van der Waals surface area (Å²) in [7, 11) is 0. The molecule has 3 atom stereocenters. The van der Waals surface area contributed by atoms with Crippen LogP contribution in [0.15, 0.2) is 30.4 Å². The lowest BCUT2D eigenvalue weighted by Gasteiger charge is -2.49. The molecule has 3 rings (SSSR count). The summed E-state index contributed by atoms with van der Waals surface area (Å²) in [5.74, 6) is 0.791. The second-order valence-electron chi connectivity index (χ2n) is 5.14. The fraction of sp³-hybridized carbons (Fsp3) is 0.429. The predicted octanol–water partition coefficient (Wildman–Crippen LogP) is 2.27. The number of hydrogen-bond donors (Lipinski definition) is 1. The van der Waals surface area contributed by atoms with Crippen molar-refractivity contribution in [1.29, 1.82) is 0 Å².